The van der Waals surface area contributed by atoms with Gasteiger partial charge in [0.2, 0.25) is 5.78 Å². The first kappa shape index (κ1) is 21.4. The van der Waals surface area contributed by atoms with Crippen molar-refractivity contribution in [1.82, 2.24) is 0 Å². The Labute approximate surface area is 172 Å². The van der Waals surface area contributed by atoms with E-state index < -0.39 is 11.8 Å². The number of fused-ring (bicyclic) bond motifs is 1. The van der Waals surface area contributed by atoms with Gasteiger partial charge in [-0.25, -0.2) is 4.79 Å². The zero-order valence-electron chi connectivity index (χ0n) is 17.6. The van der Waals surface area contributed by atoms with Crippen LogP contribution >= 0.6 is 0 Å². The van der Waals surface area contributed by atoms with Gasteiger partial charge < -0.3 is 10.5 Å². The van der Waals surface area contributed by atoms with Crippen LogP contribution in [0.3, 0.4) is 0 Å². The Morgan fingerprint density at radius 2 is 1.62 bits per heavy atom. The number of esters is 1. The lowest BCUT2D eigenvalue weighted by atomic mass is 9.68. The molecule has 1 aromatic rings. The molecule has 0 spiro atoms. The van der Waals surface area contributed by atoms with Gasteiger partial charge in [-0.05, 0) is 49.4 Å². The number of benzene rings is 1. The number of ketones is 2. The molecule has 1 saturated carbocycles. The van der Waals surface area contributed by atoms with Crippen molar-refractivity contribution in [3.8, 4) is 0 Å². The molecular formula is C24H31NO4. The Morgan fingerprint density at radius 3 is 2.17 bits per heavy atom. The lowest BCUT2D eigenvalue weighted by Gasteiger charge is -2.37. The van der Waals surface area contributed by atoms with E-state index in [0.29, 0.717) is 29.4 Å². The molecule has 2 aliphatic rings. The van der Waals surface area contributed by atoms with Crippen molar-refractivity contribution in [3.05, 3.63) is 46.5 Å². The lowest BCUT2D eigenvalue weighted by molar-refractivity contribution is -0.138. The van der Waals surface area contributed by atoms with Crippen molar-refractivity contribution >= 4 is 17.5 Å². The van der Waals surface area contributed by atoms with E-state index in [1.807, 2.05) is 0 Å². The maximum Gasteiger partial charge on any atom is 0.342 e. The van der Waals surface area contributed by atoms with E-state index in [9.17, 15) is 14.4 Å². The molecule has 2 aliphatic carbocycles. The van der Waals surface area contributed by atoms with Gasteiger partial charge >= 0.3 is 5.97 Å². The van der Waals surface area contributed by atoms with Crippen LogP contribution in [-0.4, -0.2) is 30.7 Å². The highest BCUT2D eigenvalue weighted by Gasteiger charge is 2.38. The summed E-state index contributed by atoms with van der Waals surface area (Å²) < 4.78 is 5.15. The first-order valence-corrected chi connectivity index (χ1v) is 10.5. The van der Waals surface area contributed by atoms with Crippen LogP contribution in [0.4, 0.5) is 0 Å². The molecule has 0 radical (unpaired) electrons. The molecule has 29 heavy (non-hydrogen) atoms. The number of nitrogens with two attached hydrogens (primary N) is 1. The lowest BCUT2D eigenvalue weighted by Crippen LogP contribution is -2.31. The van der Waals surface area contributed by atoms with Crippen molar-refractivity contribution in [2.24, 2.45) is 23.0 Å². The number of carbonyl (C=O) groups excluding carboxylic acids is 3. The minimum Gasteiger partial charge on any atom is -0.461 e. The summed E-state index contributed by atoms with van der Waals surface area (Å²) >= 11 is 0. The summed E-state index contributed by atoms with van der Waals surface area (Å²) in [4.78, 5) is 38.9. The van der Waals surface area contributed by atoms with Crippen LogP contribution < -0.4 is 5.73 Å². The maximum absolute atomic E-state index is 13.2. The van der Waals surface area contributed by atoms with E-state index in [-0.39, 0.29) is 35.5 Å². The molecule has 0 bridgehead atoms. The van der Waals surface area contributed by atoms with Crippen molar-refractivity contribution in [2.45, 2.75) is 52.9 Å². The largest absolute Gasteiger partial charge is 0.461 e. The number of rotatable bonds is 5. The third-order valence-electron chi connectivity index (χ3n) is 6.34. The van der Waals surface area contributed by atoms with E-state index >= 15 is 0 Å². The van der Waals surface area contributed by atoms with Crippen LogP contribution in [0.1, 0.15) is 73.6 Å². The first-order chi connectivity index (χ1) is 13.7. The second-order valence-electron chi connectivity index (χ2n) is 9.27. The third-order valence-corrected chi connectivity index (χ3v) is 6.34. The number of carbonyl (C=O) groups is 3. The molecule has 1 aromatic carbocycles. The minimum atomic E-state index is -0.735. The Kier molecular flexibility index (Phi) is 6.37. The van der Waals surface area contributed by atoms with Crippen LogP contribution in [0.15, 0.2) is 35.4 Å². The number of hydrogen-bond donors (Lipinski definition) is 1. The normalized spacial score (nSPS) is 22.5. The molecule has 3 rings (SSSR count). The van der Waals surface area contributed by atoms with Crippen molar-refractivity contribution in [1.29, 1.82) is 0 Å². The van der Waals surface area contributed by atoms with Gasteiger partial charge in [0.25, 0.3) is 0 Å². The van der Waals surface area contributed by atoms with Gasteiger partial charge in [-0.15, -0.1) is 0 Å². The van der Waals surface area contributed by atoms with Crippen LogP contribution in [-0.2, 0) is 9.53 Å². The summed E-state index contributed by atoms with van der Waals surface area (Å²) in [6, 6.07) is 6.70. The van der Waals surface area contributed by atoms with Crippen LogP contribution in [0.25, 0.3) is 0 Å². The molecule has 5 nitrogen and oxygen atoms in total. The predicted molar refractivity (Wildman–Crippen MR) is 112 cm³/mol. The highest BCUT2D eigenvalue weighted by molar-refractivity contribution is 6.35. The molecule has 2 N–H and O–H groups in total. The van der Waals surface area contributed by atoms with Crippen LogP contribution in [0.5, 0.6) is 0 Å². The Bertz CT molecular complexity index is 839. The average molecular weight is 398 g/mol. The summed E-state index contributed by atoms with van der Waals surface area (Å²) in [5, 5.41) is 0. The average Bonchev–Trinajstić information content (AvgIpc) is 2.70. The maximum atomic E-state index is 13.2. The summed E-state index contributed by atoms with van der Waals surface area (Å²) in [6.45, 7) is 7.00. The number of allylic oxidation sites excluding steroid dienone is 1. The quantitative estimate of drug-likeness (QED) is 0.597. The number of Topliss-reactive ketones (excluding diaryl/α,β-unsaturated/α-hetero) is 2. The third kappa shape index (κ3) is 4.50. The smallest absolute Gasteiger partial charge is 0.342 e. The van der Waals surface area contributed by atoms with E-state index in [4.69, 9.17) is 10.5 Å². The Morgan fingerprint density at radius 1 is 1.03 bits per heavy atom. The highest BCUT2D eigenvalue weighted by atomic mass is 16.5. The van der Waals surface area contributed by atoms with Gasteiger partial charge in [-0.1, -0.05) is 45.0 Å². The molecule has 0 heterocycles. The molecule has 0 saturated heterocycles. The van der Waals surface area contributed by atoms with Crippen LogP contribution in [0.2, 0.25) is 0 Å². The second-order valence-corrected chi connectivity index (χ2v) is 9.27. The van der Waals surface area contributed by atoms with Gasteiger partial charge in [0, 0.05) is 23.2 Å². The van der Waals surface area contributed by atoms with Gasteiger partial charge in [-0.2, -0.15) is 0 Å². The monoisotopic (exact) mass is 397 g/mol. The zero-order chi connectivity index (χ0) is 21.2. The number of hydrogen-bond acceptors (Lipinski definition) is 5. The minimum absolute atomic E-state index is 0.0232. The molecule has 0 atom stereocenters. The molecule has 5 heteroatoms. The van der Waals surface area contributed by atoms with Gasteiger partial charge in [0.05, 0.1) is 0 Å². The van der Waals surface area contributed by atoms with Gasteiger partial charge in [-0.3, -0.25) is 9.59 Å². The van der Waals surface area contributed by atoms with Gasteiger partial charge in [0.15, 0.2) is 5.78 Å². The zero-order valence-corrected chi connectivity index (χ0v) is 17.6. The summed E-state index contributed by atoms with van der Waals surface area (Å²) in [6.07, 6.45) is 4.66. The summed E-state index contributed by atoms with van der Waals surface area (Å²) in [5.74, 6) is -0.422. The van der Waals surface area contributed by atoms with Gasteiger partial charge in [0.1, 0.15) is 12.2 Å². The molecule has 0 aliphatic heterocycles. The standard InChI is InChI=1S/C24H31NO4/c1-24(2,3)16-10-8-15(9-11-16)14-19-20(23(28)29-13-12-25)22(27)18-7-5-4-6-17(18)21(19)26/h4-7,15-16H,8-14,25H2,1-3H3. The fraction of sp³-hybridized carbons (Fsp3) is 0.542. The summed E-state index contributed by atoms with van der Waals surface area (Å²) in [7, 11) is 0. The van der Waals surface area contributed by atoms with Crippen molar-refractivity contribution in [2.75, 3.05) is 13.2 Å². The predicted octanol–water partition coefficient (Wildman–Crippen LogP) is 4.11. The van der Waals surface area contributed by atoms with Crippen molar-refractivity contribution in [3.63, 3.8) is 0 Å². The summed E-state index contributed by atoms with van der Waals surface area (Å²) in [5.41, 5.74) is 6.58. The van der Waals surface area contributed by atoms with Crippen LogP contribution in [0, 0.1) is 17.3 Å². The highest BCUT2D eigenvalue weighted by Crippen LogP contribution is 2.42. The Balaban J connectivity index is 1.88. The topological polar surface area (TPSA) is 86.5 Å². The fourth-order valence-corrected chi connectivity index (χ4v) is 4.58. The molecule has 1 fully saturated rings. The van der Waals surface area contributed by atoms with E-state index in [1.54, 1.807) is 24.3 Å². The fourth-order valence-electron chi connectivity index (χ4n) is 4.58. The van der Waals surface area contributed by atoms with E-state index in [2.05, 4.69) is 20.8 Å². The van der Waals surface area contributed by atoms with E-state index in [1.165, 1.54) is 0 Å². The number of ether oxygens (including phenoxy) is 1. The molecule has 0 aromatic heterocycles. The SMILES string of the molecule is CC(C)(C)C1CCC(CC2=C(C(=O)OCCN)C(=O)c3ccccc3C2=O)CC1. The van der Waals surface area contributed by atoms with E-state index in [0.717, 1.165) is 25.7 Å². The van der Waals surface area contributed by atoms with Crippen molar-refractivity contribution < 1.29 is 19.1 Å². The molecule has 0 unspecified atom stereocenters. The molecular weight excluding hydrogens is 366 g/mol. The second kappa shape index (κ2) is 8.62. The Hall–Kier alpha value is -2.27. The molecule has 0 amide bonds. The molecule has 156 valence electrons. The first-order valence-electron chi connectivity index (χ1n) is 10.5.